The van der Waals surface area contributed by atoms with Crippen molar-refractivity contribution >= 4 is 0 Å². The van der Waals surface area contributed by atoms with Crippen molar-refractivity contribution in [3.8, 4) is 5.75 Å². The minimum absolute atomic E-state index is 0.533. The van der Waals surface area contributed by atoms with Gasteiger partial charge in [-0.1, -0.05) is 25.1 Å². The summed E-state index contributed by atoms with van der Waals surface area (Å²) in [5.74, 6) is 1.05. The number of para-hydroxylation sites is 1. The van der Waals surface area contributed by atoms with Gasteiger partial charge in [0.15, 0.2) is 0 Å². The molecule has 1 heterocycles. The number of ether oxygens (including phenoxy) is 1. The summed E-state index contributed by atoms with van der Waals surface area (Å²) < 4.78 is 5.76. The molecule has 94 valence electrons. The van der Waals surface area contributed by atoms with Crippen molar-refractivity contribution in [2.24, 2.45) is 0 Å². The number of benzene rings is 1. The Kier molecular flexibility index (Phi) is 4.40. The summed E-state index contributed by atoms with van der Waals surface area (Å²) in [5.41, 5.74) is 1.30. The zero-order valence-electron chi connectivity index (χ0n) is 10.8. The maximum atomic E-state index is 5.76. The van der Waals surface area contributed by atoms with Crippen LogP contribution in [-0.4, -0.2) is 37.2 Å². The van der Waals surface area contributed by atoms with Crippen LogP contribution < -0.4 is 10.1 Å². The second-order valence-electron chi connectivity index (χ2n) is 4.65. The molecule has 1 aliphatic rings. The first kappa shape index (κ1) is 12.4. The number of hydrogen-bond acceptors (Lipinski definition) is 3. The van der Waals surface area contributed by atoms with E-state index in [9.17, 15) is 0 Å². The predicted molar refractivity (Wildman–Crippen MR) is 70.4 cm³/mol. The van der Waals surface area contributed by atoms with Crippen LogP contribution in [0.2, 0.25) is 0 Å². The lowest BCUT2D eigenvalue weighted by atomic mass is 10.2. The standard InChI is InChI=1S/C14H22N2O/c1-3-15-12(2)10-16-8-9-17-14-7-5-4-6-13(14)11-16/h4-7,12,15H,3,8-11H2,1-2H3. The molecular formula is C14H22N2O. The van der Waals surface area contributed by atoms with Gasteiger partial charge in [0.25, 0.3) is 0 Å². The lowest BCUT2D eigenvalue weighted by molar-refractivity contribution is 0.211. The SMILES string of the molecule is CCNC(C)CN1CCOc2ccccc2C1. The van der Waals surface area contributed by atoms with Crippen molar-refractivity contribution in [2.75, 3.05) is 26.2 Å². The van der Waals surface area contributed by atoms with Crippen LogP contribution in [0.5, 0.6) is 5.75 Å². The van der Waals surface area contributed by atoms with E-state index in [4.69, 9.17) is 4.74 Å². The number of hydrogen-bond donors (Lipinski definition) is 1. The highest BCUT2D eigenvalue weighted by molar-refractivity contribution is 5.33. The molecule has 0 saturated heterocycles. The van der Waals surface area contributed by atoms with E-state index in [1.807, 2.05) is 6.07 Å². The quantitative estimate of drug-likeness (QED) is 0.861. The average molecular weight is 234 g/mol. The van der Waals surface area contributed by atoms with Crippen LogP contribution >= 0.6 is 0 Å². The second kappa shape index (κ2) is 6.03. The van der Waals surface area contributed by atoms with Crippen molar-refractivity contribution in [2.45, 2.75) is 26.4 Å². The smallest absolute Gasteiger partial charge is 0.123 e. The number of likely N-dealkylation sites (N-methyl/N-ethyl adjacent to an activating group) is 1. The van der Waals surface area contributed by atoms with Gasteiger partial charge >= 0.3 is 0 Å². The van der Waals surface area contributed by atoms with Gasteiger partial charge in [0.05, 0.1) is 0 Å². The van der Waals surface area contributed by atoms with Crippen LogP contribution in [0, 0.1) is 0 Å². The van der Waals surface area contributed by atoms with Gasteiger partial charge in [-0.15, -0.1) is 0 Å². The zero-order chi connectivity index (χ0) is 12.1. The van der Waals surface area contributed by atoms with E-state index >= 15 is 0 Å². The van der Waals surface area contributed by atoms with Gasteiger partial charge in [0, 0.05) is 31.2 Å². The van der Waals surface area contributed by atoms with Crippen LogP contribution in [0.1, 0.15) is 19.4 Å². The van der Waals surface area contributed by atoms with Gasteiger partial charge in [0.2, 0.25) is 0 Å². The van der Waals surface area contributed by atoms with Crippen LogP contribution in [0.3, 0.4) is 0 Å². The molecule has 0 bridgehead atoms. The summed E-state index contributed by atoms with van der Waals surface area (Å²) in [5, 5.41) is 3.45. The average Bonchev–Trinajstić information content (AvgIpc) is 2.50. The summed E-state index contributed by atoms with van der Waals surface area (Å²) in [4.78, 5) is 2.46. The van der Waals surface area contributed by atoms with Gasteiger partial charge in [-0.05, 0) is 19.5 Å². The van der Waals surface area contributed by atoms with Crippen molar-refractivity contribution in [1.29, 1.82) is 0 Å². The van der Waals surface area contributed by atoms with Crippen LogP contribution in [0.4, 0.5) is 0 Å². The third-order valence-corrected chi connectivity index (χ3v) is 3.12. The molecule has 1 aliphatic heterocycles. The Bertz CT molecular complexity index is 354. The highest BCUT2D eigenvalue weighted by Gasteiger charge is 2.16. The fourth-order valence-electron chi connectivity index (χ4n) is 2.34. The number of nitrogens with one attached hydrogen (secondary N) is 1. The third-order valence-electron chi connectivity index (χ3n) is 3.12. The molecule has 3 nitrogen and oxygen atoms in total. The van der Waals surface area contributed by atoms with Gasteiger partial charge in [-0.3, -0.25) is 4.90 Å². The molecule has 1 N–H and O–H groups in total. The second-order valence-corrected chi connectivity index (χ2v) is 4.65. The Hall–Kier alpha value is -1.06. The fourth-order valence-corrected chi connectivity index (χ4v) is 2.34. The van der Waals surface area contributed by atoms with Gasteiger partial charge in [-0.2, -0.15) is 0 Å². The van der Waals surface area contributed by atoms with Crippen molar-refractivity contribution in [3.63, 3.8) is 0 Å². The molecule has 0 aromatic heterocycles. The normalized spacial score (nSPS) is 18.0. The molecular weight excluding hydrogens is 212 g/mol. The Morgan fingerprint density at radius 1 is 1.41 bits per heavy atom. The van der Waals surface area contributed by atoms with Crippen LogP contribution in [0.15, 0.2) is 24.3 Å². The van der Waals surface area contributed by atoms with E-state index in [0.29, 0.717) is 6.04 Å². The first-order chi connectivity index (χ1) is 8.29. The summed E-state index contributed by atoms with van der Waals surface area (Å²) >= 11 is 0. The van der Waals surface area contributed by atoms with E-state index in [0.717, 1.165) is 38.5 Å². The third kappa shape index (κ3) is 3.45. The van der Waals surface area contributed by atoms with Crippen LogP contribution in [-0.2, 0) is 6.54 Å². The van der Waals surface area contributed by atoms with Gasteiger partial charge in [-0.25, -0.2) is 0 Å². The van der Waals surface area contributed by atoms with E-state index in [-0.39, 0.29) is 0 Å². The Labute approximate surface area is 104 Å². The fraction of sp³-hybridized carbons (Fsp3) is 0.571. The molecule has 0 saturated carbocycles. The molecule has 17 heavy (non-hydrogen) atoms. The highest BCUT2D eigenvalue weighted by atomic mass is 16.5. The molecule has 1 unspecified atom stereocenters. The Balaban J connectivity index is 1.98. The minimum Gasteiger partial charge on any atom is -0.492 e. The monoisotopic (exact) mass is 234 g/mol. The molecule has 1 atom stereocenters. The Morgan fingerprint density at radius 3 is 3.06 bits per heavy atom. The van der Waals surface area contributed by atoms with Crippen molar-refractivity contribution < 1.29 is 4.74 Å². The summed E-state index contributed by atoms with van der Waals surface area (Å²) in [7, 11) is 0. The molecule has 0 fully saturated rings. The summed E-state index contributed by atoms with van der Waals surface area (Å²) in [6, 6.07) is 8.87. The first-order valence-corrected chi connectivity index (χ1v) is 6.46. The first-order valence-electron chi connectivity index (χ1n) is 6.46. The maximum absolute atomic E-state index is 5.76. The van der Waals surface area contributed by atoms with Gasteiger partial charge < -0.3 is 10.1 Å². The predicted octanol–water partition coefficient (Wildman–Crippen LogP) is 1.88. The lowest BCUT2D eigenvalue weighted by Crippen LogP contribution is -2.39. The van der Waals surface area contributed by atoms with E-state index in [1.165, 1.54) is 5.56 Å². The summed E-state index contributed by atoms with van der Waals surface area (Å²) in [6.45, 7) is 9.28. The van der Waals surface area contributed by atoms with Gasteiger partial charge in [0.1, 0.15) is 12.4 Å². The molecule has 0 radical (unpaired) electrons. The maximum Gasteiger partial charge on any atom is 0.123 e. The lowest BCUT2D eigenvalue weighted by Gasteiger charge is -2.23. The van der Waals surface area contributed by atoms with Crippen molar-refractivity contribution in [1.82, 2.24) is 10.2 Å². The zero-order valence-corrected chi connectivity index (χ0v) is 10.8. The molecule has 2 rings (SSSR count). The number of fused-ring (bicyclic) bond motifs is 1. The van der Waals surface area contributed by atoms with E-state index in [1.54, 1.807) is 0 Å². The molecule has 0 spiro atoms. The topological polar surface area (TPSA) is 24.5 Å². The largest absolute Gasteiger partial charge is 0.492 e. The van der Waals surface area contributed by atoms with E-state index in [2.05, 4.69) is 42.3 Å². The number of rotatable bonds is 4. The van der Waals surface area contributed by atoms with Crippen LogP contribution in [0.25, 0.3) is 0 Å². The molecule has 0 aliphatic carbocycles. The highest BCUT2D eigenvalue weighted by Crippen LogP contribution is 2.22. The Morgan fingerprint density at radius 2 is 2.24 bits per heavy atom. The minimum atomic E-state index is 0.533. The summed E-state index contributed by atoms with van der Waals surface area (Å²) in [6.07, 6.45) is 0. The molecule has 0 amide bonds. The number of nitrogens with zero attached hydrogens (tertiary/aromatic N) is 1. The molecule has 3 heteroatoms. The van der Waals surface area contributed by atoms with Crippen molar-refractivity contribution in [3.05, 3.63) is 29.8 Å². The molecule has 1 aromatic rings. The van der Waals surface area contributed by atoms with E-state index < -0.39 is 0 Å². The molecule has 1 aromatic carbocycles.